The van der Waals surface area contributed by atoms with Gasteiger partial charge in [0, 0.05) is 12.1 Å². The molecule has 2 heterocycles. The number of benzene rings is 1. The van der Waals surface area contributed by atoms with Crippen LogP contribution in [0.2, 0.25) is 0 Å². The molecule has 156 valence electrons. The number of thiazole rings is 1. The summed E-state index contributed by atoms with van der Waals surface area (Å²) in [6.07, 6.45) is 1.72. The van der Waals surface area contributed by atoms with Crippen LogP contribution >= 0.6 is 23.6 Å². The van der Waals surface area contributed by atoms with Gasteiger partial charge in [0.25, 0.3) is 11.7 Å². The number of carbonyl (C=O) groups excluding carboxylic acids is 2. The van der Waals surface area contributed by atoms with Gasteiger partial charge in [-0.3, -0.25) is 24.6 Å². The van der Waals surface area contributed by atoms with Crippen molar-refractivity contribution in [3.05, 3.63) is 58.5 Å². The third-order valence-corrected chi connectivity index (χ3v) is 5.89. The van der Waals surface area contributed by atoms with Crippen LogP contribution in [0.4, 0.5) is 5.13 Å². The van der Waals surface area contributed by atoms with E-state index in [1.165, 1.54) is 11.3 Å². The average molecular weight is 442 g/mol. The Labute approximate surface area is 183 Å². The van der Waals surface area contributed by atoms with Gasteiger partial charge in [-0.2, -0.15) is 5.10 Å². The Kier molecular flexibility index (Phi) is 6.14. The minimum atomic E-state index is -0.733. The first kappa shape index (κ1) is 21.8. The Morgan fingerprint density at radius 1 is 1.30 bits per heavy atom. The maximum atomic E-state index is 12.5. The highest BCUT2D eigenvalue weighted by molar-refractivity contribution is 7.71. The number of ketones is 1. The lowest BCUT2D eigenvalue weighted by Gasteiger charge is -2.18. The number of rotatable bonds is 6. The van der Waals surface area contributed by atoms with E-state index in [0.29, 0.717) is 33.5 Å². The molecule has 2 aromatic heterocycles. The van der Waals surface area contributed by atoms with Crippen LogP contribution in [0.25, 0.3) is 10.7 Å². The van der Waals surface area contributed by atoms with Gasteiger partial charge >= 0.3 is 0 Å². The van der Waals surface area contributed by atoms with E-state index in [0.717, 1.165) is 10.4 Å². The number of carbonyl (C=O) groups is 2. The first-order chi connectivity index (χ1) is 14.1. The minimum absolute atomic E-state index is 0.0295. The van der Waals surface area contributed by atoms with Gasteiger partial charge in [0.2, 0.25) is 0 Å². The Hall–Kier alpha value is -2.91. The second-order valence-electron chi connectivity index (χ2n) is 7.80. The molecule has 7 nitrogen and oxygen atoms in total. The molecule has 0 aliphatic rings. The van der Waals surface area contributed by atoms with E-state index in [2.05, 4.69) is 47.8 Å². The monoisotopic (exact) mass is 441 g/mol. The van der Waals surface area contributed by atoms with Crippen molar-refractivity contribution in [3.8, 4) is 10.7 Å². The van der Waals surface area contributed by atoms with Crippen LogP contribution in [0, 0.1) is 11.7 Å². The van der Waals surface area contributed by atoms with Gasteiger partial charge in [-0.05, 0) is 30.1 Å². The molecule has 0 aliphatic heterocycles. The summed E-state index contributed by atoms with van der Waals surface area (Å²) in [5.74, 6) is -0.734. The number of anilines is 1. The number of aromatic amines is 1. The summed E-state index contributed by atoms with van der Waals surface area (Å²) in [7, 11) is 0. The standard InChI is InChI=1S/C21H23N5O2S2/c1-6-11-26-17(24-25-20(26)29)16-12(2)22-19(30-16)23-18(28)15(27)13-7-9-14(10-8-13)21(3,4)5/h6-10H,1,11H2,2-5H3,(H,25,29)(H,22,23,28). The topological polar surface area (TPSA) is 92.7 Å². The molecule has 3 rings (SSSR count). The summed E-state index contributed by atoms with van der Waals surface area (Å²) < 4.78 is 2.26. The molecule has 2 N–H and O–H groups in total. The molecule has 0 saturated carbocycles. The summed E-state index contributed by atoms with van der Waals surface area (Å²) in [4.78, 5) is 30.1. The molecule has 0 spiro atoms. The van der Waals surface area contributed by atoms with Crippen molar-refractivity contribution in [3.63, 3.8) is 0 Å². The number of aromatic nitrogens is 4. The lowest BCUT2D eigenvalue weighted by Crippen LogP contribution is -2.23. The number of amides is 1. The Balaban J connectivity index is 1.80. The quantitative estimate of drug-likeness (QED) is 0.251. The molecule has 3 aromatic rings. The Morgan fingerprint density at radius 2 is 1.97 bits per heavy atom. The van der Waals surface area contributed by atoms with E-state index >= 15 is 0 Å². The minimum Gasteiger partial charge on any atom is -0.296 e. The lowest BCUT2D eigenvalue weighted by molar-refractivity contribution is -0.112. The van der Waals surface area contributed by atoms with Gasteiger partial charge in [-0.25, -0.2) is 4.98 Å². The van der Waals surface area contributed by atoms with E-state index in [1.807, 2.05) is 19.1 Å². The van der Waals surface area contributed by atoms with Gasteiger partial charge in [0.05, 0.1) is 10.6 Å². The Morgan fingerprint density at radius 3 is 2.57 bits per heavy atom. The van der Waals surface area contributed by atoms with E-state index in [4.69, 9.17) is 12.2 Å². The van der Waals surface area contributed by atoms with E-state index < -0.39 is 11.7 Å². The van der Waals surface area contributed by atoms with Crippen molar-refractivity contribution in [1.82, 2.24) is 19.7 Å². The summed E-state index contributed by atoms with van der Waals surface area (Å²) in [6, 6.07) is 7.09. The van der Waals surface area contributed by atoms with Gasteiger partial charge in [-0.1, -0.05) is 62.4 Å². The highest BCUT2D eigenvalue weighted by Crippen LogP contribution is 2.31. The number of hydrogen-bond acceptors (Lipinski definition) is 6. The molecule has 0 atom stereocenters. The van der Waals surface area contributed by atoms with Crippen LogP contribution in [0.5, 0.6) is 0 Å². The molecule has 0 aliphatic carbocycles. The number of hydrogen-bond donors (Lipinski definition) is 2. The zero-order valence-electron chi connectivity index (χ0n) is 17.3. The third-order valence-electron chi connectivity index (χ3n) is 4.51. The Bertz CT molecular complexity index is 1160. The molecule has 9 heteroatoms. The van der Waals surface area contributed by atoms with E-state index in [9.17, 15) is 9.59 Å². The fraction of sp³-hybridized carbons (Fsp3) is 0.286. The van der Waals surface area contributed by atoms with Crippen molar-refractivity contribution < 1.29 is 9.59 Å². The predicted octanol–water partition coefficient (Wildman–Crippen LogP) is 4.68. The molecule has 30 heavy (non-hydrogen) atoms. The molecule has 1 amide bonds. The maximum Gasteiger partial charge on any atom is 0.298 e. The molecule has 0 radical (unpaired) electrons. The second-order valence-corrected chi connectivity index (χ2v) is 9.18. The number of allylic oxidation sites excluding steroid dienone is 1. The number of nitrogens with one attached hydrogen (secondary N) is 2. The maximum absolute atomic E-state index is 12.5. The molecule has 0 fully saturated rings. The van der Waals surface area contributed by atoms with Crippen molar-refractivity contribution in [2.45, 2.75) is 39.7 Å². The van der Waals surface area contributed by atoms with Crippen molar-refractivity contribution in [2.24, 2.45) is 0 Å². The normalized spacial score (nSPS) is 11.3. The van der Waals surface area contributed by atoms with Crippen LogP contribution in [-0.4, -0.2) is 31.4 Å². The summed E-state index contributed by atoms with van der Waals surface area (Å²) in [5, 5.41) is 9.94. The zero-order valence-corrected chi connectivity index (χ0v) is 18.9. The fourth-order valence-electron chi connectivity index (χ4n) is 2.85. The van der Waals surface area contributed by atoms with Gasteiger partial charge in [0.15, 0.2) is 15.7 Å². The SMILES string of the molecule is C=CCn1c(-c2sc(NC(=O)C(=O)c3ccc(C(C)(C)C)cc3)nc2C)n[nH]c1=S. The van der Waals surface area contributed by atoms with Gasteiger partial charge in [0.1, 0.15) is 0 Å². The van der Waals surface area contributed by atoms with Crippen molar-refractivity contribution >= 4 is 40.4 Å². The molecule has 0 saturated heterocycles. The van der Waals surface area contributed by atoms with Crippen molar-refractivity contribution in [1.29, 1.82) is 0 Å². The van der Waals surface area contributed by atoms with Crippen LogP contribution in [0.1, 0.15) is 42.4 Å². The van der Waals surface area contributed by atoms with E-state index in [-0.39, 0.29) is 5.41 Å². The molecule has 0 unspecified atom stereocenters. The van der Waals surface area contributed by atoms with Crippen molar-refractivity contribution in [2.75, 3.05) is 5.32 Å². The largest absolute Gasteiger partial charge is 0.298 e. The van der Waals surface area contributed by atoms with E-state index in [1.54, 1.807) is 22.8 Å². The fourth-order valence-corrected chi connectivity index (χ4v) is 4.02. The first-order valence-electron chi connectivity index (χ1n) is 9.32. The van der Waals surface area contributed by atoms with Crippen LogP contribution in [0.15, 0.2) is 36.9 Å². The molecular formula is C21H23N5O2S2. The second kappa shape index (κ2) is 8.45. The lowest BCUT2D eigenvalue weighted by atomic mass is 9.86. The molecular weight excluding hydrogens is 418 g/mol. The molecule has 1 aromatic carbocycles. The first-order valence-corrected chi connectivity index (χ1v) is 10.5. The number of nitrogens with zero attached hydrogens (tertiary/aromatic N) is 3. The third kappa shape index (κ3) is 4.47. The molecule has 0 bridgehead atoms. The number of Topliss-reactive ketones (excluding diaryl/α,β-unsaturated/α-hetero) is 1. The highest BCUT2D eigenvalue weighted by atomic mass is 32.1. The van der Waals surface area contributed by atoms with Crippen LogP contribution < -0.4 is 5.32 Å². The smallest absolute Gasteiger partial charge is 0.296 e. The van der Waals surface area contributed by atoms with Gasteiger partial charge < -0.3 is 0 Å². The number of H-pyrrole nitrogens is 1. The van der Waals surface area contributed by atoms with Crippen LogP contribution in [0.3, 0.4) is 0 Å². The zero-order chi connectivity index (χ0) is 22.1. The average Bonchev–Trinajstić information content (AvgIpc) is 3.23. The summed E-state index contributed by atoms with van der Waals surface area (Å²) in [6.45, 7) is 12.3. The highest BCUT2D eigenvalue weighted by Gasteiger charge is 2.22. The van der Waals surface area contributed by atoms with Gasteiger partial charge in [-0.15, -0.1) is 6.58 Å². The van der Waals surface area contributed by atoms with Crippen LogP contribution in [-0.2, 0) is 16.8 Å². The summed E-state index contributed by atoms with van der Waals surface area (Å²) in [5.41, 5.74) is 2.07. The number of aryl methyl sites for hydroxylation is 1. The summed E-state index contributed by atoms with van der Waals surface area (Å²) >= 11 is 6.48. The predicted molar refractivity (Wildman–Crippen MR) is 122 cm³/mol.